The number of halogens is 3. The quantitative estimate of drug-likeness (QED) is 0.223. The molecule has 38 heavy (non-hydrogen) atoms. The molecule has 0 bridgehead atoms. The van der Waals surface area contributed by atoms with Crippen LogP contribution in [-0.4, -0.2) is 16.0 Å². The highest BCUT2D eigenvalue weighted by molar-refractivity contribution is 7.80. The van der Waals surface area contributed by atoms with Crippen LogP contribution in [0.5, 0.6) is 0 Å². The van der Waals surface area contributed by atoms with E-state index in [1.165, 1.54) is 0 Å². The van der Waals surface area contributed by atoms with Crippen LogP contribution in [0.2, 0.25) is 15.1 Å². The number of nitrogens with one attached hydrogen (secondary N) is 2. The Labute approximate surface area is 240 Å². The molecule has 1 fully saturated rings. The molecule has 0 radical (unpaired) electrons. The maximum absolute atomic E-state index is 12.2. The van der Waals surface area contributed by atoms with E-state index in [9.17, 15) is 4.79 Å². The highest BCUT2D eigenvalue weighted by Gasteiger charge is 2.42. The maximum atomic E-state index is 12.2. The fourth-order valence-electron chi connectivity index (χ4n) is 4.30. The third kappa shape index (κ3) is 5.24. The van der Waals surface area contributed by atoms with Crippen LogP contribution < -0.4 is 15.5 Å². The lowest BCUT2D eigenvalue weighted by molar-refractivity contribution is -0.118. The van der Waals surface area contributed by atoms with E-state index in [-0.39, 0.29) is 23.9 Å². The lowest BCUT2D eigenvalue weighted by Crippen LogP contribution is -2.29. The number of aromatic nitrogens is 1. The van der Waals surface area contributed by atoms with Crippen molar-refractivity contribution in [2.45, 2.75) is 25.9 Å². The number of benzene rings is 2. The second-order valence-electron chi connectivity index (χ2n) is 9.13. The van der Waals surface area contributed by atoms with Crippen molar-refractivity contribution in [1.82, 2.24) is 10.3 Å². The molecule has 4 aromatic rings. The smallest absolute Gasteiger partial charge is 0.226 e. The molecular weight excluding hydrogens is 563 g/mol. The molecule has 0 unspecified atom stereocenters. The zero-order chi connectivity index (χ0) is 27.0. The number of anilines is 2. The number of furan rings is 1. The molecule has 0 spiro atoms. The van der Waals surface area contributed by atoms with Gasteiger partial charge in [-0.25, -0.2) is 0 Å². The van der Waals surface area contributed by atoms with Crippen molar-refractivity contribution >= 4 is 69.4 Å². The first-order chi connectivity index (χ1) is 18.2. The van der Waals surface area contributed by atoms with Gasteiger partial charge in [0, 0.05) is 28.4 Å². The fourth-order valence-corrected chi connectivity index (χ4v) is 5.37. The first-order valence-electron chi connectivity index (χ1n) is 11.9. The summed E-state index contributed by atoms with van der Waals surface area (Å²) in [7, 11) is 0. The Morgan fingerprint density at radius 2 is 1.87 bits per heavy atom. The lowest BCUT2D eigenvalue weighted by atomic mass is 10.0. The Morgan fingerprint density at radius 1 is 1.05 bits per heavy atom. The van der Waals surface area contributed by atoms with E-state index in [0.29, 0.717) is 37.4 Å². The first kappa shape index (κ1) is 26.5. The molecule has 194 valence electrons. The van der Waals surface area contributed by atoms with Crippen LogP contribution >= 0.6 is 47.0 Å². The molecule has 1 saturated heterocycles. The van der Waals surface area contributed by atoms with Gasteiger partial charge >= 0.3 is 0 Å². The molecule has 1 amide bonds. The molecule has 0 aliphatic carbocycles. The summed E-state index contributed by atoms with van der Waals surface area (Å²) in [5.74, 6) is 0.966. The monoisotopic (exact) mass is 584 g/mol. The number of thiocarbonyl (C=S) groups is 1. The fraction of sp³-hybridized carbons (Fsp3) is 0.179. The van der Waals surface area contributed by atoms with Crippen molar-refractivity contribution in [2.75, 3.05) is 10.2 Å². The third-order valence-electron chi connectivity index (χ3n) is 6.23. The minimum Gasteiger partial charge on any atom is -0.459 e. The molecular formula is C28H23Cl3N4O2S. The zero-order valence-corrected chi connectivity index (χ0v) is 23.5. The number of amides is 1. The molecule has 10 heteroatoms. The highest BCUT2D eigenvalue weighted by atomic mass is 35.5. The van der Waals surface area contributed by atoms with Gasteiger partial charge in [0.25, 0.3) is 0 Å². The van der Waals surface area contributed by atoms with Gasteiger partial charge < -0.3 is 20.0 Å². The van der Waals surface area contributed by atoms with Crippen LogP contribution in [0, 0.1) is 5.92 Å². The molecule has 1 aliphatic rings. The minimum absolute atomic E-state index is 0.116. The number of carbonyl (C=O) groups excluding carboxylic acids is 1. The molecule has 2 aromatic carbocycles. The number of nitrogens with zero attached hydrogens (tertiary/aromatic N) is 2. The van der Waals surface area contributed by atoms with E-state index in [2.05, 4.69) is 15.6 Å². The van der Waals surface area contributed by atoms with Gasteiger partial charge in [-0.1, -0.05) is 54.7 Å². The van der Waals surface area contributed by atoms with Gasteiger partial charge in [0.2, 0.25) is 5.91 Å². The summed E-state index contributed by atoms with van der Waals surface area (Å²) >= 11 is 24.9. The van der Waals surface area contributed by atoms with Crippen molar-refractivity contribution in [1.29, 1.82) is 0 Å². The molecule has 2 N–H and O–H groups in total. The van der Waals surface area contributed by atoms with E-state index >= 15 is 0 Å². The molecule has 1 aliphatic heterocycles. The number of hydrogen-bond acceptors (Lipinski definition) is 4. The summed E-state index contributed by atoms with van der Waals surface area (Å²) in [6.45, 7) is 3.65. The third-order valence-corrected chi connectivity index (χ3v) is 7.40. The predicted molar refractivity (Wildman–Crippen MR) is 157 cm³/mol. The second-order valence-corrected chi connectivity index (χ2v) is 10.8. The number of carbonyl (C=O) groups is 1. The Bertz CT molecular complexity index is 1510. The van der Waals surface area contributed by atoms with Crippen LogP contribution in [0.1, 0.15) is 37.4 Å². The largest absolute Gasteiger partial charge is 0.459 e. The van der Waals surface area contributed by atoms with Crippen LogP contribution in [0.25, 0.3) is 11.3 Å². The normalized spacial score (nSPS) is 17.1. The summed E-state index contributed by atoms with van der Waals surface area (Å²) < 4.78 is 6.37. The number of hydrogen-bond donors (Lipinski definition) is 2. The van der Waals surface area contributed by atoms with E-state index < -0.39 is 0 Å². The summed E-state index contributed by atoms with van der Waals surface area (Å²) in [6, 6.07) is 19.5. The van der Waals surface area contributed by atoms with Crippen molar-refractivity contribution in [3.8, 4) is 11.3 Å². The van der Waals surface area contributed by atoms with Crippen LogP contribution in [0.3, 0.4) is 0 Å². The number of rotatable bonds is 6. The van der Waals surface area contributed by atoms with Gasteiger partial charge in [-0.2, -0.15) is 0 Å². The van der Waals surface area contributed by atoms with Crippen LogP contribution in [-0.2, 0) is 4.79 Å². The average molecular weight is 586 g/mol. The Morgan fingerprint density at radius 3 is 2.55 bits per heavy atom. The molecule has 6 nitrogen and oxygen atoms in total. The topological polar surface area (TPSA) is 70.4 Å². The van der Waals surface area contributed by atoms with Crippen molar-refractivity contribution < 1.29 is 9.21 Å². The van der Waals surface area contributed by atoms with E-state index in [4.69, 9.17) is 51.4 Å². The van der Waals surface area contributed by atoms with E-state index in [0.717, 1.165) is 16.9 Å². The van der Waals surface area contributed by atoms with Gasteiger partial charge in [-0.05, 0) is 72.9 Å². The number of pyridine rings is 1. The molecule has 2 atom stereocenters. The predicted octanol–water partition coefficient (Wildman–Crippen LogP) is 8.07. The minimum atomic E-state index is -0.385. The van der Waals surface area contributed by atoms with Crippen LogP contribution in [0.4, 0.5) is 11.4 Å². The summed E-state index contributed by atoms with van der Waals surface area (Å²) in [6.07, 6.45) is 1.74. The summed E-state index contributed by atoms with van der Waals surface area (Å²) in [4.78, 5) is 18.7. The molecule has 5 rings (SSSR count). The highest BCUT2D eigenvalue weighted by Crippen LogP contribution is 2.44. The molecule has 0 saturated carbocycles. The van der Waals surface area contributed by atoms with Gasteiger partial charge in [0.1, 0.15) is 17.6 Å². The van der Waals surface area contributed by atoms with Gasteiger partial charge in [-0.3, -0.25) is 9.78 Å². The SMILES string of the molecule is CC(C)C(=O)Nc1ccc(N2C(=S)N[C@H](c3ccccn3)[C@@H]2c2ccc(-c3ccc(Cl)cc3Cl)o2)cc1Cl. The average Bonchev–Trinajstić information content (AvgIpc) is 3.50. The Hall–Kier alpha value is -3.10. The lowest BCUT2D eigenvalue weighted by Gasteiger charge is -2.26. The van der Waals surface area contributed by atoms with Gasteiger partial charge in [0.15, 0.2) is 5.11 Å². The first-order valence-corrected chi connectivity index (χ1v) is 13.4. The summed E-state index contributed by atoms with van der Waals surface area (Å²) in [5.41, 5.74) is 2.80. The van der Waals surface area contributed by atoms with Crippen LogP contribution in [0.15, 0.2) is 77.3 Å². The van der Waals surface area contributed by atoms with Crippen molar-refractivity contribution in [2.24, 2.45) is 5.92 Å². The van der Waals surface area contributed by atoms with Crippen molar-refractivity contribution in [3.63, 3.8) is 0 Å². The standard InChI is InChI=1S/C28H23Cl3N4O2S/c1-15(2)27(36)33-21-9-7-17(14-20(21)31)35-26(25(34-28(35)38)22-5-3-4-12-32-22)24-11-10-23(37-24)18-8-6-16(29)13-19(18)30/h3-15,25-26H,1-2H3,(H,33,36)(H,34,38)/t25-,26+/m1/s1. The maximum Gasteiger partial charge on any atom is 0.226 e. The molecule has 3 heterocycles. The van der Waals surface area contributed by atoms with Crippen molar-refractivity contribution in [3.05, 3.63) is 99.4 Å². The van der Waals surface area contributed by atoms with Gasteiger partial charge in [-0.15, -0.1) is 0 Å². The van der Waals surface area contributed by atoms with E-state index in [1.54, 1.807) is 30.5 Å². The summed E-state index contributed by atoms with van der Waals surface area (Å²) in [5, 5.41) is 8.17. The second kappa shape index (κ2) is 10.9. The molecule has 2 aromatic heterocycles. The zero-order valence-electron chi connectivity index (χ0n) is 20.4. The van der Waals surface area contributed by atoms with E-state index in [1.807, 2.05) is 61.2 Å². The Kier molecular flexibility index (Phi) is 7.63. The Balaban J connectivity index is 1.56. The van der Waals surface area contributed by atoms with Gasteiger partial charge in [0.05, 0.1) is 27.5 Å².